The van der Waals surface area contributed by atoms with Crippen molar-refractivity contribution in [1.82, 2.24) is 15.2 Å². The summed E-state index contributed by atoms with van der Waals surface area (Å²) in [6.45, 7) is 5.98. The molecule has 1 atom stereocenters. The number of benzene rings is 1. The molecule has 2 saturated heterocycles. The van der Waals surface area contributed by atoms with Crippen LogP contribution in [0.4, 0.5) is 5.69 Å². The number of carbonyl (C=O) groups excluding carboxylic acids is 1. The van der Waals surface area contributed by atoms with Gasteiger partial charge < -0.3 is 15.0 Å². The van der Waals surface area contributed by atoms with Crippen molar-refractivity contribution < 1.29 is 9.53 Å². The van der Waals surface area contributed by atoms with E-state index in [9.17, 15) is 4.79 Å². The number of rotatable bonds is 6. The minimum atomic E-state index is -0.0275. The summed E-state index contributed by atoms with van der Waals surface area (Å²) >= 11 is 0. The van der Waals surface area contributed by atoms with Crippen LogP contribution >= 0.6 is 0 Å². The van der Waals surface area contributed by atoms with Gasteiger partial charge in [0.2, 0.25) is 0 Å². The van der Waals surface area contributed by atoms with Crippen LogP contribution in [-0.4, -0.2) is 61.7 Å². The summed E-state index contributed by atoms with van der Waals surface area (Å²) in [5.74, 6) is -0.0275. The van der Waals surface area contributed by atoms with Crippen LogP contribution in [0.15, 0.2) is 48.8 Å². The first kappa shape index (κ1) is 18.9. The molecule has 1 amide bonds. The highest BCUT2D eigenvalue weighted by Crippen LogP contribution is 2.22. The molecule has 28 heavy (non-hydrogen) atoms. The van der Waals surface area contributed by atoms with Crippen LogP contribution < -0.4 is 10.2 Å². The maximum Gasteiger partial charge on any atom is 0.251 e. The van der Waals surface area contributed by atoms with E-state index in [-0.39, 0.29) is 11.9 Å². The number of hydrogen-bond acceptors (Lipinski definition) is 5. The Morgan fingerprint density at radius 2 is 1.68 bits per heavy atom. The predicted molar refractivity (Wildman–Crippen MR) is 110 cm³/mol. The van der Waals surface area contributed by atoms with Gasteiger partial charge in [-0.25, -0.2) is 0 Å². The lowest BCUT2D eigenvalue weighted by atomic mass is 10.1. The number of carbonyl (C=O) groups is 1. The first-order chi connectivity index (χ1) is 13.8. The lowest BCUT2D eigenvalue weighted by Crippen LogP contribution is -2.43. The van der Waals surface area contributed by atoms with Gasteiger partial charge in [-0.2, -0.15) is 0 Å². The number of amides is 1. The van der Waals surface area contributed by atoms with Gasteiger partial charge in [-0.1, -0.05) is 0 Å². The molecule has 0 aliphatic carbocycles. The van der Waals surface area contributed by atoms with Gasteiger partial charge in [-0.15, -0.1) is 0 Å². The molecule has 0 spiro atoms. The van der Waals surface area contributed by atoms with E-state index in [1.54, 1.807) is 0 Å². The van der Waals surface area contributed by atoms with Gasteiger partial charge in [-0.05, 0) is 54.8 Å². The average Bonchev–Trinajstić information content (AvgIpc) is 3.30. The molecule has 6 heteroatoms. The third-order valence-electron chi connectivity index (χ3n) is 5.63. The van der Waals surface area contributed by atoms with Crippen molar-refractivity contribution in [2.75, 3.05) is 50.8 Å². The SMILES string of the molecule is O=C(NC[C@H](c1ccncc1)N1CCOCC1)c1ccc(N2CCCC2)cc1. The quantitative estimate of drug-likeness (QED) is 0.834. The van der Waals surface area contributed by atoms with Gasteiger partial charge in [0.1, 0.15) is 0 Å². The maximum atomic E-state index is 12.7. The van der Waals surface area contributed by atoms with E-state index in [1.807, 2.05) is 36.7 Å². The smallest absolute Gasteiger partial charge is 0.251 e. The standard InChI is InChI=1S/C22H28N4O2/c27-22(19-3-5-20(6-4-19)25-11-1-2-12-25)24-17-21(18-7-9-23-10-8-18)26-13-15-28-16-14-26/h3-10,21H,1-2,11-17H2,(H,24,27)/t21-/m1/s1. The summed E-state index contributed by atoms with van der Waals surface area (Å²) in [5, 5.41) is 3.13. The highest BCUT2D eigenvalue weighted by molar-refractivity contribution is 5.94. The van der Waals surface area contributed by atoms with E-state index in [0.29, 0.717) is 12.1 Å². The minimum absolute atomic E-state index is 0.0275. The summed E-state index contributed by atoms with van der Waals surface area (Å²) in [6, 6.07) is 12.2. The molecule has 6 nitrogen and oxygen atoms in total. The van der Waals surface area contributed by atoms with E-state index in [1.165, 1.54) is 24.1 Å². The van der Waals surface area contributed by atoms with Crippen LogP contribution in [0.3, 0.4) is 0 Å². The molecule has 2 fully saturated rings. The summed E-state index contributed by atoms with van der Waals surface area (Å²) in [4.78, 5) is 21.6. The molecule has 0 saturated carbocycles. The number of morpholine rings is 1. The number of nitrogens with one attached hydrogen (secondary N) is 1. The fourth-order valence-electron chi connectivity index (χ4n) is 4.02. The van der Waals surface area contributed by atoms with Crippen LogP contribution in [-0.2, 0) is 4.74 Å². The summed E-state index contributed by atoms with van der Waals surface area (Å²) in [7, 11) is 0. The third kappa shape index (κ3) is 4.51. The Labute approximate surface area is 166 Å². The fraction of sp³-hybridized carbons (Fsp3) is 0.455. The lowest BCUT2D eigenvalue weighted by Gasteiger charge is -2.34. The Hall–Kier alpha value is -2.44. The first-order valence-electron chi connectivity index (χ1n) is 10.2. The molecule has 2 aliphatic heterocycles. The van der Waals surface area contributed by atoms with Gasteiger partial charge in [0.05, 0.1) is 19.3 Å². The van der Waals surface area contributed by atoms with Crippen LogP contribution in [0, 0.1) is 0 Å². The number of ether oxygens (including phenoxy) is 1. The number of nitrogens with zero attached hydrogens (tertiary/aromatic N) is 3. The van der Waals surface area contributed by atoms with Gasteiger partial charge in [0.15, 0.2) is 0 Å². The topological polar surface area (TPSA) is 57.7 Å². The number of hydrogen-bond donors (Lipinski definition) is 1. The summed E-state index contributed by atoms with van der Waals surface area (Å²) in [6.07, 6.45) is 6.11. The van der Waals surface area contributed by atoms with Crippen LogP contribution in [0.5, 0.6) is 0 Å². The molecule has 0 radical (unpaired) electrons. The molecule has 2 aliphatic rings. The van der Waals surface area contributed by atoms with Crippen molar-refractivity contribution in [3.05, 3.63) is 59.9 Å². The van der Waals surface area contributed by atoms with Crippen molar-refractivity contribution in [1.29, 1.82) is 0 Å². The molecule has 1 N–H and O–H groups in total. The lowest BCUT2D eigenvalue weighted by molar-refractivity contribution is 0.0162. The van der Waals surface area contributed by atoms with Crippen molar-refractivity contribution in [3.63, 3.8) is 0 Å². The molecule has 1 aromatic carbocycles. The molecule has 4 rings (SSSR count). The molecule has 1 aromatic heterocycles. The van der Waals surface area contributed by atoms with Crippen LogP contribution in [0.1, 0.15) is 34.8 Å². The normalized spacial score (nSPS) is 18.8. The van der Waals surface area contributed by atoms with Crippen LogP contribution in [0.2, 0.25) is 0 Å². The van der Waals surface area contributed by atoms with Gasteiger partial charge in [-0.3, -0.25) is 14.7 Å². The Balaban J connectivity index is 1.40. The van der Waals surface area contributed by atoms with Crippen molar-refractivity contribution in [2.45, 2.75) is 18.9 Å². The van der Waals surface area contributed by atoms with Crippen molar-refractivity contribution in [3.8, 4) is 0 Å². The zero-order valence-corrected chi connectivity index (χ0v) is 16.2. The molecule has 0 unspecified atom stereocenters. The van der Waals surface area contributed by atoms with E-state index in [0.717, 1.165) is 39.4 Å². The number of aromatic nitrogens is 1. The molecule has 148 valence electrons. The maximum absolute atomic E-state index is 12.7. The Kier molecular flexibility index (Phi) is 6.19. The first-order valence-corrected chi connectivity index (χ1v) is 10.2. The van der Waals surface area contributed by atoms with Gasteiger partial charge in [0.25, 0.3) is 5.91 Å². The van der Waals surface area contributed by atoms with Crippen molar-refractivity contribution >= 4 is 11.6 Å². The summed E-state index contributed by atoms with van der Waals surface area (Å²) < 4.78 is 5.49. The van der Waals surface area contributed by atoms with E-state index < -0.39 is 0 Å². The van der Waals surface area contributed by atoms with Gasteiger partial charge in [0, 0.05) is 56.4 Å². The second-order valence-corrected chi connectivity index (χ2v) is 7.40. The monoisotopic (exact) mass is 380 g/mol. The molecule has 0 bridgehead atoms. The summed E-state index contributed by atoms with van der Waals surface area (Å²) in [5.41, 5.74) is 3.08. The number of pyridine rings is 1. The zero-order chi connectivity index (χ0) is 19.2. The molecular weight excluding hydrogens is 352 g/mol. The van der Waals surface area contributed by atoms with Crippen molar-refractivity contribution in [2.24, 2.45) is 0 Å². The number of anilines is 1. The van der Waals surface area contributed by atoms with E-state index in [2.05, 4.69) is 32.2 Å². The molecular formula is C22H28N4O2. The fourth-order valence-corrected chi connectivity index (χ4v) is 4.02. The second kappa shape index (κ2) is 9.17. The predicted octanol–water partition coefficient (Wildman–Crippen LogP) is 2.49. The average molecular weight is 380 g/mol. The van der Waals surface area contributed by atoms with E-state index >= 15 is 0 Å². The Morgan fingerprint density at radius 3 is 2.36 bits per heavy atom. The Bertz CT molecular complexity index is 754. The van der Waals surface area contributed by atoms with Crippen LogP contribution in [0.25, 0.3) is 0 Å². The largest absolute Gasteiger partial charge is 0.379 e. The van der Waals surface area contributed by atoms with Gasteiger partial charge >= 0.3 is 0 Å². The van der Waals surface area contributed by atoms with E-state index in [4.69, 9.17) is 4.74 Å². The molecule has 2 aromatic rings. The highest BCUT2D eigenvalue weighted by atomic mass is 16.5. The zero-order valence-electron chi connectivity index (χ0n) is 16.2. The second-order valence-electron chi connectivity index (χ2n) is 7.40. The third-order valence-corrected chi connectivity index (χ3v) is 5.63. The minimum Gasteiger partial charge on any atom is -0.379 e. The molecule has 3 heterocycles. The highest BCUT2D eigenvalue weighted by Gasteiger charge is 2.23. The Morgan fingerprint density at radius 1 is 1.00 bits per heavy atom.